The zero-order valence-corrected chi connectivity index (χ0v) is 65.1. The third kappa shape index (κ3) is 19.2. The van der Waals surface area contributed by atoms with Gasteiger partial charge in [-0.3, -0.25) is 14.4 Å². The lowest BCUT2D eigenvalue weighted by molar-refractivity contribution is -0.143. The Labute approximate surface area is 664 Å². The highest BCUT2D eigenvalue weighted by atomic mass is 35.5. The topological polar surface area (TPSA) is 233 Å². The van der Waals surface area contributed by atoms with Gasteiger partial charge in [-0.05, 0) is 157 Å². The molecule has 0 radical (unpaired) electrons. The van der Waals surface area contributed by atoms with Gasteiger partial charge < -0.3 is 59.0 Å². The van der Waals surface area contributed by atoms with Gasteiger partial charge in [0.05, 0.1) is 120 Å². The monoisotopic (exact) mass is 1600 g/mol. The van der Waals surface area contributed by atoms with Crippen LogP contribution in [0.1, 0.15) is 47.8 Å². The van der Waals surface area contributed by atoms with Gasteiger partial charge in [0.1, 0.15) is 52.6 Å². The molecule has 0 heterocycles. The van der Waals surface area contributed by atoms with Crippen LogP contribution in [0.3, 0.4) is 0 Å². The van der Waals surface area contributed by atoms with Crippen LogP contribution in [0.5, 0.6) is 34.5 Å². The summed E-state index contributed by atoms with van der Waals surface area (Å²) in [5.74, 6) is 0.190. The molecule has 3 unspecified atom stereocenters. The fourth-order valence-corrected chi connectivity index (χ4v) is 14.3. The lowest BCUT2D eigenvalue weighted by Crippen LogP contribution is -2.43. The second kappa shape index (κ2) is 37.7. The number of hydrogen-bond acceptors (Lipinski definition) is 14. The Bertz CT molecular complexity index is 5100. The number of benzene rings is 12. The Kier molecular flexibility index (Phi) is 27.9. The molecule has 110 heavy (non-hydrogen) atoms. The number of carboxylic acids is 1. The molecule has 0 aromatic heterocycles. The van der Waals surface area contributed by atoms with Gasteiger partial charge in [-0.15, -0.1) is 0 Å². The number of carbonyl (C=O) groups excluding carboxylic acids is 5. The summed E-state index contributed by atoms with van der Waals surface area (Å²) in [5, 5.41) is 24.6. The first-order chi connectivity index (χ1) is 53.0. The minimum Gasteiger partial charge on any atom is -0.496 e. The number of esters is 2. The van der Waals surface area contributed by atoms with E-state index in [2.05, 4.69) is 28.1 Å². The molecule has 4 N–H and O–H groups in total. The molecule has 0 saturated heterocycles. The molecule has 0 aliphatic heterocycles. The Hall–Kier alpha value is -11.2. The van der Waals surface area contributed by atoms with E-state index in [1.165, 1.54) is 26.4 Å². The average molecular weight is 1600 g/mol. The number of methoxy groups -OCH3 is 8. The van der Waals surface area contributed by atoms with Crippen LogP contribution in [0.4, 0.5) is 0 Å². The van der Waals surface area contributed by atoms with E-state index in [-0.39, 0.29) is 66.1 Å². The number of carbonyl (C=O) groups is 6. The van der Waals surface area contributed by atoms with Gasteiger partial charge in [0.2, 0.25) is 0 Å². The SMILES string of the molecule is COC(=O)C(Cc1ccc2cc(-c3c(OC)cccc3OC)ccc2c1)NC(=O)c1c(Cl)cccc1Cl.COC(=O)C(Cc1ccc2cc(-c3c(OC)cccc3OC)ccc2c1)NC(=O)c1c(Cl)cccc1Cl.COc1cccc(OC)c1-c1ccc2cc(CC(NC(=O)c3c(Cl)cccc3Cl)C(=O)O)ccc2c1. The highest BCUT2D eigenvalue weighted by Crippen LogP contribution is 2.43. The molecular formula is C86H73Cl6N3O15. The van der Waals surface area contributed by atoms with Crippen molar-refractivity contribution < 1.29 is 71.8 Å². The predicted molar refractivity (Wildman–Crippen MR) is 433 cm³/mol. The van der Waals surface area contributed by atoms with Gasteiger partial charge in [-0.2, -0.15) is 0 Å². The number of carboxylic acid groups (broad SMARTS) is 1. The zero-order valence-electron chi connectivity index (χ0n) is 60.6. The summed E-state index contributed by atoms with van der Waals surface area (Å²) in [6, 6.07) is 63.5. The average Bonchev–Trinajstić information content (AvgIpc) is 0.803. The maximum Gasteiger partial charge on any atom is 0.328 e. The van der Waals surface area contributed by atoms with Crippen LogP contribution >= 0.6 is 69.6 Å². The fourth-order valence-electron chi connectivity index (χ4n) is 12.6. The van der Waals surface area contributed by atoms with Crippen LogP contribution in [-0.4, -0.2) is 116 Å². The van der Waals surface area contributed by atoms with Crippen LogP contribution in [0.15, 0.2) is 218 Å². The zero-order chi connectivity index (χ0) is 78.9. The van der Waals surface area contributed by atoms with E-state index in [1.54, 1.807) is 85.1 Å². The quantitative estimate of drug-likeness (QED) is 0.0412. The van der Waals surface area contributed by atoms with Crippen molar-refractivity contribution >= 4 is 138 Å². The molecule has 0 aliphatic rings. The smallest absolute Gasteiger partial charge is 0.328 e. The molecule has 0 bridgehead atoms. The highest BCUT2D eigenvalue weighted by molar-refractivity contribution is 6.41. The van der Waals surface area contributed by atoms with E-state index in [4.69, 9.17) is 108 Å². The lowest BCUT2D eigenvalue weighted by atomic mass is 9.97. The first kappa shape index (κ1) is 81.3. The largest absolute Gasteiger partial charge is 0.496 e. The molecule has 18 nitrogen and oxygen atoms in total. The highest BCUT2D eigenvalue weighted by Gasteiger charge is 2.29. The van der Waals surface area contributed by atoms with Crippen LogP contribution in [-0.2, 0) is 43.1 Å². The van der Waals surface area contributed by atoms with Crippen molar-refractivity contribution in [3.05, 3.63) is 282 Å². The predicted octanol–water partition coefficient (Wildman–Crippen LogP) is 18.9. The van der Waals surface area contributed by atoms with E-state index in [1.807, 2.05) is 152 Å². The molecular weight excluding hydrogens is 1530 g/mol. The number of ether oxygens (including phenoxy) is 8. The Morgan fingerprint density at radius 2 is 0.518 bits per heavy atom. The fraction of sp³-hybridized carbons (Fsp3) is 0.163. The van der Waals surface area contributed by atoms with E-state index < -0.39 is 53.8 Å². The van der Waals surface area contributed by atoms with Gasteiger partial charge >= 0.3 is 17.9 Å². The second-order valence-electron chi connectivity index (χ2n) is 24.7. The lowest BCUT2D eigenvalue weighted by Gasteiger charge is -2.18. The molecule has 24 heteroatoms. The molecule has 3 atom stereocenters. The van der Waals surface area contributed by atoms with Crippen molar-refractivity contribution in [2.45, 2.75) is 37.4 Å². The number of rotatable bonds is 24. The maximum absolute atomic E-state index is 12.9. The van der Waals surface area contributed by atoms with Crippen molar-refractivity contribution in [1.29, 1.82) is 0 Å². The third-order valence-electron chi connectivity index (χ3n) is 17.9. The molecule has 12 aromatic rings. The van der Waals surface area contributed by atoms with E-state index in [9.17, 15) is 33.9 Å². The van der Waals surface area contributed by atoms with Crippen molar-refractivity contribution in [3.8, 4) is 67.9 Å². The molecule has 0 fully saturated rings. The van der Waals surface area contributed by atoms with Crippen LogP contribution < -0.4 is 44.4 Å². The van der Waals surface area contributed by atoms with Gasteiger partial charge in [0, 0.05) is 19.3 Å². The molecule has 0 spiro atoms. The van der Waals surface area contributed by atoms with Gasteiger partial charge in [-0.1, -0.05) is 197 Å². The summed E-state index contributed by atoms with van der Waals surface area (Å²) in [7, 11) is 12.3. The Morgan fingerprint density at radius 3 is 0.755 bits per heavy atom. The number of nitrogens with one attached hydrogen (secondary N) is 3. The van der Waals surface area contributed by atoms with Crippen LogP contribution in [0.25, 0.3) is 65.7 Å². The van der Waals surface area contributed by atoms with Crippen molar-refractivity contribution in [2.75, 3.05) is 56.9 Å². The summed E-state index contributed by atoms with van der Waals surface area (Å²) >= 11 is 36.9. The molecule has 12 aromatic carbocycles. The Morgan fingerprint density at radius 1 is 0.300 bits per heavy atom. The van der Waals surface area contributed by atoms with Gasteiger partial charge in [0.25, 0.3) is 17.7 Å². The summed E-state index contributed by atoms with van der Waals surface area (Å²) in [6.07, 6.45) is 0.526. The minimum atomic E-state index is -1.17. The number of aliphatic carboxylic acids is 1. The van der Waals surface area contributed by atoms with Crippen molar-refractivity contribution in [2.24, 2.45) is 0 Å². The maximum atomic E-state index is 12.9. The molecule has 564 valence electrons. The first-order valence-corrected chi connectivity index (χ1v) is 36.2. The van der Waals surface area contributed by atoms with Crippen molar-refractivity contribution in [1.82, 2.24) is 16.0 Å². The van der Waals surface area contributed by atoms with E-state index in [0.717, 1.165) is 82.4 Å². The normalized spacial score (nSPS) is 11.6. The number of fused-ring (bicyclic) bond motifs is 3. The molecule has 3 amide bonds. The summed E-state index contributed by atoms with van der Waals surface area (Å²) in [6.45, 7) is 0. The standard InChI is InChI=1S/2C29H25Cl2NO5.C28H23Cl2NO5/c2*1-35-24-8-5-9-25(36-2)26(24)20-13-12-18-14-17(10-11-19(18)16-20)15-23(29(34)37-3)32-28(33)27-21(30)6-4-7-22(27)31;1-35-23-7-4-8-24(36-2)25(23)19-12-11-17-13-16(9-10-18(17)15-19)14-22(28(33)34)31-27(32)26-20(29)5-3-6-21(26)30/h2*4-14,16,23H,15H2,1-3H3,(H,32,33);3-13,15,22H,14H2,1-2H3,(H,31,32)(H,33,34). The minimum absolute atomic E-state index is 0.0462. The molecule has 0 aliphatic carbocycles. The number of halogens is 6. The molecule has 12 rings (SSSR count). The number of hydrogen-bond donors (Lipinski definition) is 4. The van der Waals surface area contributed by atoms with Gasteiger partial charge in [-0.25, -0.2) is 14.4 Å². The summed E-state index contributed by atoms with van der Waals surface area (Å²) in [4.78, 5) is 75.4. The van der Waals surface area contributed by atoms with E-state index in [0.29, 0.717) is 34.5 Å². The van der Waals surface area contributed by atoms with Crippen LogP contribution in [0, 0.1) is 0 Å². The van der Waals surface area contributed by atoms with E-state index >= 15 is 0 Å². The molecule has 0 saturated carbocycles. The number of amides is 3. The van der Waals surface area contributed by atoms with Crippen molar-refractivity contribution in [3.63, 3.8) is 0 Å². The van der Waals surface area contributed by atoms with Gasteiger partial charge in [0.15, 0.2) is 0 Å². The Balaban J connectivity index is 0.000000176. The first-order valence-electron chi connectivity index (χ1n) is 33.9. The summed E-state index contributed by atoms with van der Waals surface area (Å²) in [5.41, 5.74) is 8.11. The third-order valence-corrected chi connectivity index (χ3v) is 19.8. The summed E-state index contributed by atoms with van der Waals surface area (Å²) < 4.78 is 43.1. The second-order valence-corrected chi connectivity index (χ2v) is 27.1. The van der Waals surface area contributed by atoms with Crippen LogP contribution in [0.2, 0.25) is 30.1 Å².